The minimum atomic E-state index is -0.318. The fourth-order valence-corrected chi connectivity index (χ4v) is 2.79. The molecule has 142 valence electrons. The number of rotatable bonds is 1. The molecule has 30 heavy (non-hydrogen) atoms. The van der Waals surface area contributed by atoms with Crippen molar-refractivity contribution in [1.82, 2.24) is 0 Å². The van der Waals surface area contributed by atoms with Gasteiger partial charge in [-0.1, -0.05) is 42.2 Å². The van der Waals surface area contributed by atoms with E-state index in [2.05, 4.69) is 28.7 Å². The zero-order chi connectivity index (χ0) is 20.8. The molecule has 0 N–H and O–H groups in total. The van der Waals surface area contributed by atoms with Gasteiger partial charge in [0.25, 0.3) is 0 Å². The molecular formula is C27H15F2N. The molecule has 3 heteroatoms. The average molecular weight is 391 g/mol. The molecule has 0 radical (unpaired) electrons. The van der Waals surface area contributed by atoms with Crippen molar-refractivity contribution in [3.63, 3.8) is 0 Å². The minimum Gasteiger partial charge on any atom is -0.231 e. The van der Waals surface area contributed by atoms with Crippen LogP contribution in [-0.2, 0) is 0 Å². The standard InChI is InChI=1S/C27H15F2N/c28-24-12-5-20(6-13-24)9-16-26(17-10-21-7-14-25(29)15-8-21)30-27-18-11-22-3-1-2-4-23(22)19-27/h1-8,11-15,18-19H. The second kappa shape index (κ2) is 8.86. The molecule has 0 amide bonds. The van der Waals surface area contributed by atoms with Gasteiger partial charge in [0.2, 0.25) is 0 Å². The molecule has 0 bridgehead atoms. The first kappa shape index (κ1) is 19.1. The van der Waals surface area contributed by atoms with Gasteiger partial charge in [-0.3, -0.25) is 0 Å². The van der Waals surface area contributed by atoms with Gasteiger partial charge in [0.1, 0.15) is 11.6 Å². The summed E-state index contributed by atoms with van der Waals surface area (Å²) in [7, 11) is 0. The van der Waals surface area contributed by atoms with Crippen molar-refractivity contribution in [3.8, 4) is 23.7 Å². The molecule has 0 spiro atoms. The summed E-state index contributed by atoms with van der Waals surface area (Å²) in [6.07, 6.45) is 0. The topological polar surface area (TPSA) is 12.4 Å². The second-order valence-corrected chi connectivity index (χ2v) is 6.51. The zero-order valence-corrected chi connectivity index (χ0v) is 15.9. The lowest BCUT2D eigenvalue weighted by Crippen LogP contribution is -1.90. The summed E-state index contributed by atoms with van der Waals surface area (Å²) in [4.78, 5) is 4.60. The van der Waals surface area contributed by atoms with Crippen molar-refractivity contribution >= 4 is 22.2 Å². The Bertz CT molecular complexity index is 1280. The van der Waals surface area contributed by atoms with Crippen LogP contribution < -0.4 is 0 Å². The molecule has 4 rings (SSSR count). The van der Waals surface area contributed by atoms with Crippen LogP contribution in [0.25, 0.3) is 10.8 Å². The van der Waals surface area contributed by atoms with E-state index in [4.69, 9.17) is 0 Å². The molecule has 0 saturated carbocycles. The number of halogens is 2. The lowest BCUT2D eigenvalue weighted by Gasteiger charge is -1.99. The summed E-state index contributed by atoms with van der Waals surface area (Å²) in [5.41, 5.74) is 2.40. The van der Waals surface area contributed by atoms with E-state index in [1.165, 1.54) is 24.3 Å². The summed E-state index contributed by atoms with van der Waals surface area (Å²) < 4.78 is 26.2. The summed E-state index contributed by atoms with van der Waals surface area (Å²) in [6, 6.07) is 25.7. The van der Waals surface area contributed by atoms with Gasteiger partial charge in [-0.25, -0.2) is 13.8 Å². The summed E-state index contributed by atoms with van der Waals surface area (Å²) >= 11 is 0. The lowest BCUT2D eigenvalue weighted by molar-refractivity contribution is 0.627. The van der Waals surface area contributed by atoms with Crippen molar-refractivity contribution in [1.29, 1.82) is 0 Å². The fourth-order valence-electron chi connectivity index (χ4n) is 2.79. The number of hydrogen-bond acceptors (Lipinski definition) is 1. The van der Waals surface area contributed by atoms with E-state index in [-0.39, 0.29) is 11.6 Å². The molecule has 0 unspecified atom stereocenters. The van der Waals surface area contributed by atoms with Gasteiger partial charge in [0, 0.05) is 11.1 Å². The Morgan fingerprint density at radius 1 is 0.600 bits per heavy atom. The number of fused-ring (bicyclic) bond motifs is 1. The highest BCUT2D eigenvalue weighted by atomic mass is 19.1. The van der Waals surface area contributed by atoms with E-state index in [9.17, 15) is 8.78 Å². The van der Waals surface area contributed by atoms with Crippen LogP contribution in [0.15, 0.2) is 96.0 Å². The highest BCUT2D eigenvalue weighted by Crippen LogP contribution is 2.21. The molecule has 4 aromatic carbocycles. The Morgan fingerprint density at radius 2 is 1.13 bits per heavy atom. The first-order valence-corrected chi connectivity index (χ1v) is 9.28. The molecule has 0 aliphatic heterocycles. The first-order valence-electron chi connectivity index (χ1n) is 9.28. The van der Waals surface area contributed by atoms with E-state index >= 15 is 0 Å². The normalized spacial score (nSPS) is 9.80. The monoisotopic (exact) mass is 391 g/mol. The molecular weight excluding hydrogens is 376 g/mol. The second-order valence-electron chi connectivity index (χ2n) is 6.51. The quantitative estimate of drug-likeness (QED) is 0.267. The van der Waals surface area contributed by atoms with Crippen LogP contribution in [0.1, 0.15) is 11.1 Å². The Labute approximate surface area is 173 Å². The molecule has 0 aliphatic carbocycles. The summed E-state index contributed by atoms with van der Waals surface area (Å²) in [5.74, 6) is 11.2. The van der Waals surface area contributed by atoms with Crippen molar-refractivity contribution in [2.75, 3.05) is 0 Å². The first-order chi connectivity index (χ1) is 14.7. The lowest BCUT2D eigenvalue weighted by atomic mass is 10.1. The third kappa shape index (κ3) is 4.98. The van der Waals surface area contributed by atoms with E-state index in [1.54, 1.807) is 24.3 Å². The third-order valence-electron chi connectivity index (χ3n) is 4.31. The van der Waals surface area contributed by atoms with Crippen LogP contribution in [0.5, 0.6) is 0 Å². The van der Waals surface area contributed by atoms with Crippen LogP contribution in [-0.4, -0.2) is 5.71 Å². The van der Waals surface area contributed by atoms with Crippen LogP contribution in [0.3, 0.4) is 0 Å². The average Bonchev–Trinajstić information content (AvgIpc) is 2.77. The van der Waals surface area contributed by atoms with Crippen molar-refractivity contribution < 1.29 is 8.78 Å². The summed E-state index contributed by atoms with van der Waals surface area (Å²) in [6.45, 7) is 0. The van der Waals surface area contributed by atoms with Crippen molar-refractivity contribution in [2.24, 2.45) is 4.99 Å². The van der Waals surface area contributed by atoms with Crippen LogP contribution in [0.2, 0.25) is 0 Å². The molecule has 0 aliphatic rings. The maximum absolute atomic E-state index is 13.1. The Hall–Kier alpha value is -4.21. The summed E-state index contributed by atoms with van der Waals surface area (Å²) in [5, 5.41) is 2.18. The number of hydrogen-bond donors (Lipinski definition) is 0. The largest absolute Gasteiger partial charge is 0.231 e. The minimum absolute atomic E-state index is 0.318. The molecule has 4 aromatic rings. The van der Waals surface area contributed by atoms with Crippen molar-refractivity contribution in [2.45, 2.75) is 0 Å². The molecule has 0 heterocycles. The van der Waals surface area contributed by atoms with E-state index in [0.717, 1.165) is 16.5 Å². The molecule has 0 atom stereocenters. The van der Waals surface area contributed by atoms with Gasteiger partial charge in [-0.15, -0.1) is 0 Å². The SMILES string of the molecule is Fc1ccc(C#CC(C#Cc2ccc(F)cc2)=Nc2ccc3ccccc3c2)cc1. The number of aliphatic imine (C=N–C) groups is 1. The molecule has 0 fully saturated rings. The van der Waals surface area contributed by atoms with Gasteiger partial charge < -0.3 is 0 Å². The van der Waals surface area contributed by atoms with E-state index in [1.807, 2.05) is 42.5 Å². The maximum Gasteiger partial charge on any atom is 0.164 e. The predicted molar refractivity (Wildman–Crippen MR) is 118 cm³/mol. The molecule has 0 aromatic heterocycles. The van der Waals surface area contributed by atoms with Crippen LogP contribution >= 0.6 is 0 Å². The Balaban J connectivity index is 1.73. The van der Waals surface area contributed by atoms with Gasteiger partial charge >= 0.3 is 0 Å². The maximum atomic E-state index is 13.1. The van der Waals surface area contributed by atoms with E-state index in [0.29, 0.717) is 16.8 Å². The Morgan fingerprint density at radius 3 is 1.70 bits per heavy atom. The third-order valence-corrected chi connectivity index (χ3v) is 4.31. The highest BCUT2D eigenvalue weighted by Gasteiger charge is 1.97. The van der Waals surface area contributed by atoms with Gasteiger partial charge in [0.05, 0.1) is 5.69 Å². The van der Waals surface area contributed by atoms with Crippen LogP contribution in [0, 0.1) is 35.3 Å². The van der Waals surface area contributed by atoms with Crippen molar-refractivity contribution in [3.05, 3.63) is 114 Å². The smallest absolute Gasteiger partial charge is 0.164 e. The van der Waals surface area contributed by atoms with E-state index < -0.39 is 0 Å². The predicted octanol–water partition coefficient (Wildman–Crippen LogP) is 6.29. The number of nitrogens with zero attached hydrogens (tertiary/aromatic N) is 1. The molecule has 1 nitrogen and oxygen atoms in total. The number of benzene rings is 4. The van der Waals surface area contributed by atoms with Gasteiger partial charge in [0.15, 0.2) is 5.71 Å². The van der Waals surface area contributed by atoms with Gasteiger partial charge in [-0.2, -0.15) is 0 Å². The Kier molecular flexibility index (Phi) is 5.65. The fraction of sp³-hybridized carbons (Fsp3) is 0. The zero-order valence-electron chi connectivity index (χ0n) is 15.9. The van der Waals surface area contributed by atoms with Gasteiger partial charge in [-0.05, 0) is 83.3 Å². The highest BCUT2D eigenvalue weighted by molar-refractivity contribution is 6.14. The molecule has 0 saturated heterocycles. The van der Waals surface area contributed by atoms with Crippen LogP contribution in [0.4, 0.5) is 14.5 Å².